The summed E-state index contributed by atoms with van der Waals surface area (Å²) in [5.74, 6) is 0.491. The fourth-order valence-corrected chi connectivity index (χ4v) is 1.55. The Morgan fingerprint density at radius 3 is 2.75 bits per heavy atom. The Kier molecular flexibility index (Phi) is 3.50. The number of nitrogens with one attached hydrogen (secondary N) is 1. The first-order valence-corrected chi connectivity index (χ1v) is 4.55. The van der Waals surface area contributed by atoms with Crippen LogP contribution in [0.4, 0.5) is 0 Å². The summed E-state index contributed by atoms with van der Waals surface area (Å²) in [6.07, 6.45) is 0. The van der Waals surface area contributed by atoms with E-state index in [9.17, 15) is 0 Å². The number of methoxy groups -OCH3 is 1. The summed E-state index contributed by atoms with van der Waals surface area (Å²) in [4.78, 5) is 0. The summed E-state index contributed by atoms with van der Waals surface area (Å²) < 4.78 is 11.0. The van der Waals surface area contributed by atoms with Crippen LogP contribution in [0.5, 0.6) is 0 Å². The summed E-state index contributed by atoms with van der Waals surface area (Å²) in [6, 6.07) is 0. The molecule has 0 aromatic heterocycles. The van der Waals surface area contributed by atoms with Crippen LogP contribution in [0.25, 0.3) is 0 Å². The van der Waals surface area contributed by atoms with Gasteiger partial charge in [0.25, 0.3) is 0 Å². The van der Waals surface area contributed by atoms with Crippen molar-refractivity contribution in [2.24, 2.45) is 5.92 Å². The smallest absolute Gasteiger partial charge is 0.106 e. The summed E-state index contributed by atoms with van der Waals surface area (Å²) >= 11 is 0. The molecule has 12 heavy (non-hydrogen) atoms. The van der Waals surface area contributed by atoms with Gasteiger partial charge in [-0.2, -0.15) is 0 Å². The lowest BCUT2D eigenvalue weighted by Crippen LogP contribution is -2.55. The third-order valence-electron chi connectivity index (χ3n) is 2.53. The first kappa shape index (κ1) is 9.96. The fourth-order valence-electron chi connectivity index (χ4n) is 1.55. The average Bonchev–Trinajstić information content (AvgIpc) is 2.06. The van der Waals surface area contributed by atoms with Gasteiger partial charge in [-0.3, -0.25) is 0 Å². The molecule has 1 rings (SSSR count). The summed E-state index contributed by atoms with van der Waals surface area (Å²) in [5, 5.41) is 3.34. The highest BCUT2D eigenvalue weighted by atomic mass is 16.5. The van der Waals surface area contributed by atoms with E-state index in [1.54, 1.807) is 7.11 Å². The molecule has 72 valence electrons. The van der Waals surface area contributed by atoms with E-state index in [0.717, 1.165) is 19.7 Å². The zero-order chi connectivity index (χ0) is 9.03. The number of rotatable bonds is 3. The molecular formula is C9H19NO2. The first-order chi connectivity index (χ1) is 5.71. The Morgan fingerprint density at radius 1 is 1.58 bits per heavy atom. The molecule has 1 atom stereocenters. The van der Waals surface area contributed by atoms with Gasteiger partial charge in [0.15, 0.2) is 0 Å². The van der Waals surface area contributed by atoms with Gasteiger partial charge in [0.05, 0.1) is 13.2 Å². The molecule has 1 aliphatic rings. The molecule has 0 bridgehead atoms. The van der Waals surface area contributed by atoms with E-state index in [2.05, 4.69) is 19.2 Å². The molecule has 0 aromatic rings. The monoisotopic (exact) mass is 173 g/mol. The van der Waals surface area contributed by atoms with Gasteiger partial charge in [-0.25, -0.2) is 0 Å². The molecule has 0 aromatic carbocycles. The van der Waals surface area contributed by atoms with Gasteiger partial charge in [0.2, 0.25) is 0 Å². The van der Waals surface area contributed by atoms with Crippen LogP contribution >= 0.6 is 0 Å². The number of hydrogen-bond donors (Lipinski definition) is 1. The molecule has 0 radical (unpaired) electrons. The highest BCUT2D eigenvalue weighted by molar-refractivity contribution is 4.89. The van der Waals surface area contributed by atoms with Crippen molar-refractivity contribution in [1.29, 1.82) is 0 Å². The second-order valence-corrected chi connectivity index (χ2v) is 3.68. The van der Waals surface area contributed by atoms with E-state index in [-0.39, 0.29) is 5.60 Å². The van der Waals surface area contributed by atoms with E-state index in [1.807, 2.05) is 0 Å². The van der Waals surface area contributed by atoms with Crippen molar-refractivity contribution in [2.45, 2.75) is 19.4 Å². The second-order valence-electron chi connectivity index (χ2n) is 3.68. The van der Waals surface area contributed by atoms with Gasteiger partial charge in [0.1, 0.15) is 5.60 Å². The van der Waals surface area contributed by atoms with Gasteiger partial charge in [-0.05, 0) is 5.92 Å². The second kappa shape index (κ2) is 4.21. The van der Waals surface area contributed by atoms with Gasteiger partial charge in [-0.1, -0.05) is 13.8 Å². The molecule has 3 nitrogen and oxygen atoms in total. The quantitative estimate of drug-likeness (QED) is 0.679. The number of ether oxygens (including phenoxy) is 2. The maximum Gasteiger partial charge on any atom is 0.106 e. The molecule has 0 aliphatic carbocycles. The SMILES string of the molecule is COCC1(C(C)C)CNCCO1. The number of hydrogen-bond acceptors (Lipinski definition) is 3. The van der Waals surface area contributed by atoms with Crippen molar-refractivity contribution >= 4 is 0 Å². The van der Waals surface area contributed by atoms with E-state index in [0.29, 0.717) is 12.5 Å². The minimum Gasteiger partial charge on any atom is -0.382 e. The highest BCUT2D eigenvalue weighted by Crippen LogP contribution is 2.23. The molecule has 1 unspecified atom stereocenters. The van der Waals surface area contributed by atoms with E-state index >= 15 is 0 Å². The third-order valence-corrected chi connectivity index (χ3v) is 2.53. The maximum atomic E-state index is 5.78. The zero-order valence-corrected chi connectivity index (χ0v) is 8.22. The normalized spacial score (nSPS) is 31.0. The van der Waals surface area contributed by atoms with Crippen molar-refractivity contribution in [3.8, 4) is 0 Å². The van der Waals surface area contributed by atoms with Crippen molar-refractivity contribution in [2.75, 3.05) is 33.4 Å². The van der Waals surface area contributed by atoms with E-state index < -0.39 is 0 Å². The predicted octanol–water partition coefficient (Wildman–Crippen LogP) is 0.647. The molecule has 0 saturated carbocycles. The lowest BCUT2D eigenvalue weighted by molar-refractivity contribution is -0.131. The van der Waals surface area contributed by atoms with Crippen molar-refractivity contribution in [1.82, 2.24) is 5.32 Å². The zero-order valence-electron chi connectivity index (χ0n) is 8.22. The van der Waals surface area contributed by atoms with Gasteiger partial charge < -0.3 is 14.8 Å². The van der Waals surface area contributed by atoms with Crippen LogP contribution in [0, 0.1) is 5.92 Å². The minimum absolute atomic E-state index is 0.104. The fraction of sp³-hybridized carbons (Fsp3) is 1.00. The minimum atomic E-state index is -0.104. The summed E-state index contributed by atoms with van der Waals surface area (Å²) in [7, 11) is 1.72. The molecule has 1 saturated heterocycles. The molecule has 1 fully saturated rings. The standard InChI is InChI=1S/C9H19NO2/c1-8(2)9(7-11-3)6-10-4-5-12-9/h8,10H,4-7H2,1-3H3. The molecule has 3 heteroatoms. The topological polar surface area (TPSA) is 30.5 Å². The average molecular weight is 173 g/mol. The van der Waals surface area contributed by atoms with Gasteiger partial charge in [-0.15, -0.1) is 0 Å². The molecular weight excluding hydrogens is 154 g/mol. The molecule has 0 amide bonds. The Labute approximate surface area is 74.4 Å². The predicted molar refractivity (Wildman–Crippen MR) is 48.3 cm³/mol. The Balaban J connectivity index is 2.56. The van der Waals surface area contributed by atoms with Crippen molar-refractivity contribution < 1.29 is 9.47 Å². The van der Waals surface area contributed by atoms with Crippen LogP contribution < -0.4 is 5.32 Å². The maximum absolute atomic E-state index is 5.78. The van der Waals surface area contributed by atoms with Crippen molar-refractivity contribution in [3.05, 3.63) is 0 Å². The van der Waals surface area contributed by atoms with Gasteiger partial charge >= 0.3 is 0 Å². The van der Waals surface area contributed by atoms with Crippen LogP contribution in [0.15, 0.2) is 0 Å². The van der Waals surface area contributed by atoms with E-state index in [4.69, 9.17) is 9.47 Å². The largest absolute Gasteiger partial charge is 0.382 e. The highest BCUT2D eigenvalue weighted by Gasteiger charge is 2.36. The lowest BCUT2D eigenvalue weighted by atomic mass is 9.90. The summed E-state index contributed by atoms with van der Waals surface area (Å²) in [6.45, 7) is 7.67. The lowest BCUT2D eigenvalue weighted by Gasteiger charge is -2.40. The van der Waals surface area contributed by atoms with Crippen molar-refractivity contribution in [3.63, 3.8) is 0 Å². The first-order valence-electron chi connectivity index (χ1n) is 4.55. The Bertz CT molecular complexity index is 125. The molecule has 1 heterocycles. The van der Waals surface area contributed by atoms with Crippen LogP contribution in [0.1, 0.15) is 13.8 Å². The van der Waals surface area contributed by atoms with Crippen LogP contribution in [0.3, 0.4) is 0 Å². The number of morpholine rings is 1. The molecule has 0 spiro atoms. The summed E-state index contributed by atoms with van der Waals surface area (Å²) in [5.41, 5.74) is -0.104. The molecule has 1 aliphatic heterocycles. The Hall–Kier alpha value is -0.120. The van der Waals surface area contributed by atoms with E-state index in [1.165, 1.54) is 0 Å². The van der Waals surface area contributed by atoms with Gasteiger partial charge in [0, 0.05) is 20.2 Å². The third kappa shape index (κ3) is 1.97. The van der Waals surface area contributed by atoms with Crippen LogP contribution in [0.2, 0.25) is 0 Å². The Morgan fingerprint density at radius 2 is 2.33 bits per heavy atom. The molecule has 1 N–H and O–H groups in total. The van der Waals surface area contributed by atoms with Crippen LogP contribution in [-0.4, -0.2) is 39.0 Å². The van der Waals surface area contributed by atoms with Crippen LogP contribution in [-0.2, 0) is 9.47 Å².